The van der Waals surface area contributed by atoms with E-state index in [0.717, 1.165) is 39.0 Å². The minimum Gasteiger partial charge on any atom is -0.381 e. The van der Waals surface area contributed by atoms with E-state index in [1.165, 1.54) is 5.56 Å². The Balaban J connectivity index is 1.50. The molecule has 1 aliphatic rings. The summed E-state index contributed by atoms with van der Waals surface area (Å²) in [4.78, 5) is 11.9. The van der Waals surface area contributed by atoms with Crippen LogP contribution in [0, 0.1) is 5.92 Å². The van der Waals surface area contributed by atoms with Crippen molar-refractivity contribution in [3.8, 4) is 0 Å². The lowest BCUT2D eigenvalue weighted by Gasteiger charge is -2.30. The maximum Gasteiger partial charge on any atom is 0.220 e. The van der Waals surface area contributed by atoms with Crippen LogP contribution in [0.2, 0.25) is 0 Å². The molecule has 4 nitrogen and oxygen atoms in total. The van der Waals surface area contributed by atoms with Crippen LogP contribution in [0.4, 0.5) is 0 Å². The predicted octanol–water partition coefficient (Wildman–Crippen LogP) is 2.14. The molecule has 0 aliphatic carbocycles. The fourth-order valence-corrected chi connectivity index (χ4v) is 2.78. The van der Waals surface area contributed by atoms with Crippen molar-refractivity contribution in [1.82, 2.24) is 10.6 Å². The van der Waals surface area contributed by atoms with Gasteiger partial charge in [0.2, 0.25) is 5.91 Å². The van der Waals surface area contributed by atoms with Gasteiger partial charge in [0, 0.05) is 19.1 Å². The lowest BCUT2D eigenvalue weighted by molar-refractivity contribution is -0.122. The van der Waals surface area contributed by atoms with E-state index in [2.05, 4.69) is 29.7 Å². The van der Waals surface area contributed by atoms with E-state index >= 15 is 0 Å². The second-order valence-electron chi connectivity index (χ2n) is 6.10. The lowest BCUT2D eigenvalue weighted by atomic mass is 9.95. The van der Waals surface area contributed by atoms with E-state index in [9.17, 15) is 4.79 Å². The standard InChI is InChI=1S/C18H28N2O2/c1-15-14-19-11-9-17(15)20-18(21)8-5-12-22-13-10-16-6-3-2-4-7-16/h2-4,6-7,15,17,19H,5,8-14H2,1H3,(H,20,21). The van der Waals surface area contributed by atoms with E-state index in [-0.39, 0.29) is 5.91 Å². The van der Waals surface area contributed by atoms with Gasteiger partial charge in [0.25, 0.3) is 0 Å². The summed E-state index contributed by atoms with van der Waals surface area (Å²) in [6.07, 6.45) is 3.31. The third-order valence-corrected chi connectivity index (χ3v) is 4.20. The largest absolute Gasteiger partial charge is 0.381 e. The Labute approximate surface area is 133 Å². The Bertz CT molecular complexity index is 436. The predicted molar refractivity (Wildman–Crippen MR) is 88.8 cm³/mol. The number of nitrogens with one attached hydrogen (secondary N) is 2. The zero-order valence-electron chi connectivity index (χ0n) is 13.5. The number of rotatable bonds is 8. The van der Waals surface area contributed by atoms with E-state index in [4.69, 9.17) is 4.74 Å². The highest BCUT2D eigenvalue weighted by Crippen LogP contribution is 2.10. The topological polar surface area (TPSA) is 50.4 Å². The van der Waals surface area contributed by atoms with Gasteiger partial charge >= 0.3 is 0 Å². The molecule has 1 fully saturated rings. The third kappa shape index (κ3) is 6.16. The van der Waals surface area contributed by atoms with Crippen LogP contribution in [0.15, 0.2) is 30.3 Å². The molecule has 1 saturated heterocycles. The molecule has 0 spiro atoms. The number of benzene rings is 1. The Morgan fingerprint density at radius 3 is 2.91 bits per heavy atom. The summed E-state index contributed by atoms with van der Waals surface area (Å²) in [6.45, 7) is 5.55. The molecule has 1 aliphatic heterocycles. The number of hydrogen-bond donors (Lipinski definition) is 2. The molecule has 0 aromatic heterocycles. The van der Waals surface area contributed by atoms with Crippen molar-refractivity contribution in [3.63, 3.8) is 0 Å². The van der Waals surface area contributed by atoms with Crippen molar-refractivity contribution in [3.05, 3.63) is 35.9 Å². The number of carbonyl (C=O) groups is 1. The van der Waals surface area contributed by atoms with Crippen LogP contribution in [0.25, 0.3) is 0 Å². The van der Waals surface area contributed by atoms with Gasteiger partial charge in [0.1, 0.15) is 0 Å². The Kier molecular flexibility index (Phi) is 7.40. The second-order valence-corrected chi connectivity index (χ2v) is 6.10. The molecule has 0 saturated carbocycles. The van der Waals surface area contributed by atoms with E-state index in [0.29, 0.717) is 25.0 Å². The van der Waals surface area contributed by atoms with Crippen LogP contribution in [0.5, 0.6) is 0 Å². The molecule has 2 N–H and O–H groups in total. The van der Waals surface area contributed by atoms with Gasteiger partial charge in [0.05, 0.1) is 6.61 Å². The maximum absolute atomic E-state index is 11.9. The molecule has 2 unspecified atom stereocenters. The van der Waals surface area contributed by atoms with Crippen LogP contribution in [-0.4, -0.2) is 38.3 Å². The van der Waals surface area contributed by atoms with E-state index < -0.39 is 0 Å². The summed E-state index contributed by atoms with van der Waals surface area (Å²) in [5, 5.41) is 6.50. The quantitative estimate of drug-likeness (QED) is 0.724. The van der Waals surface area contributed by atoms with Crippen LogP contribution in [-0.2, 0) is 16.0 Å². The average molecular weight is 304 g/mol. The Hall–Kier alpha value is -1.39. The second kappa shape index (κ2) is 9.59. The molecular formula is C18H28N2O2. The molecule has 2 rings (SSSR count). The molecule has 0 radical (unpaired) electrons. The fourth-order valence-electron chi connectivity index (χ4n) is 2.78. The van der Waals surface area contributed by atoms with Crippen molar-refractivity contribution >= 4 is 5.91 Å². The normalized spacial score (nSPS) is 21.5. The van der Waals surface area contributed by atoms with Crippen molar-refractivity contribution in [2.75, 3.05) is 26.3 Å². The SMILES string of the molecule is CC1CNCCC1NC(=O)CCCOCCc1ccccc1. The van der Waals surface area contributed by atoms with Crippen molar-refractivity contribution in [2.24, 2.45) is 5.92 Å². The van der Waals surface area contributed by atoms with E-state index in [1.807, 2.05) is 18.2 Å². The highest BCUT2D eigenvalue weighted by Gasteiger charge is 2.22. The summed E-state index contributed by atoms with van der Waals surface area (Å²) in [7, 11) is 0. The molecule has 122 valence electrons. The Morgan fingerprint density at radius 2 is 2.14 bits per heavy atom. The van der Waals surface area contributed by atoms with Crippen LogP contribution >= 0.6 is 0 Å². The van der Waals surface area contributed by atoms with Crippen molar-refractivity contribution in [2.45, 2.75) is 38.6 Å². The molecular weight excluding hydrogens is 276 g/mol. The highest BCUT2D eigenvalue weighted by molar-refractivity contribution is 5.76. The third-order valence-electron chi connectivity index (χ3n) is 4.20. The average Bonchev–Trinajstić information content (AvgIpc) is 2.54. The molecule has 1 heterocycles. The fraction of sp³-hybridized carbons (Fsp3) is 0.611. The molecule has 22 heavy (non-hydrogen) atoms. The number of ether oxygens (including phenoxy) is 1. The molecule has 2 atom stereocenters. The highest BCUT2D eigenvalue weighted by atomic mass is 16.5. The van der Waals surface area contributed by atoms with Gasteiger partial charge in [-0.05, 0) is 43.8 Å². The molecule has 4 heteroatoms. The van der Waals surface area contributed by atoms with Gasteiger partial charge in [-0.25, -0.2) is 0 Å². The molecule has 1 amide bonds. The van der Waals surface area contributed by atoms with E-state index in [1.54, 1.807) is 0 Å². The molecule has 0 bridgehead atoms. The first kappa shape index (κ1) is 17.0. The first-order valence-electron chi connectivity index (χ1n) is 8.37. The van der Waals surface area contributed by atoms with Gasteiger partial charge in [-0.1, -0.05) is 37.3 Å². The minimum absolute atomic E-state index is 0.158. The van der Waals surface area contributed by atoms with Crippen LogP contribution in [0.1, 0.15) is 31.7 Å². The summed E-state index contributed by atoms with van der Waals surface area (Å²) in [5.41, 5.74) is 1.29. The van der Waals surface area contributed by atoms with Crippen LogP contribution < -0.4 is 10.6 Å². The van der Waals surface area contributed by atoms with Crippen LogP contribution in [0.3, 0.4) is 0 Å². The lowest BCUT2D eigenvalue weighted by Crippen LogP contribution is -2.48. The first-order chi connectivity index (χ1) is 10.8. The van der Waals surface area contributed by atoms with Crippen molar-refractivity contribution < 1.29 is 9.53 Å². The summed E-state index contributed by atoms with van der Waals surface area (Å²) in [5.74, 6) is 0.672. The number of hydrogen-bond acceptors (Lipinski definition) is 3. The summed E-state index contributed by atoms with van der Waals surface area (Å²) in [6, 6.07) is 10.6. The van der Waals surface area contributed by atoms with Gasteiger partial charge in [-0.3, -0.25) is 4.79 Å². The van der Waals surface area contributed by atoms with Gasteiger partial charge < -0.3 is 15.4 Å². The zero-order valence-corrected chi connectivity index (χ0v) is 13.5. The summed E-state index contributed by atoms with van der Waals surface area (Å²) >= 11 is 0. The van der Waals surface area contributed by atoms with Gasteiger partial charge in [-0.15, -0.1) is 0 Å². The molecule has 1 aromatic carbocycles. The summed E-state index contributed by atoms with van der Waals surface area (Å²) < 4.78 is 5.61. The monoisotopic (exact) mass is 304 g/mol. The Morgan fingerprint density at radius 1 is 1.32 bits per heavy atom. The number of amides is 1. The number of carbonyl (C=O) groups excluding carboxylic acids is 1. The molecule has 1 aromatic rings. The maximum atomic E-state index is 11.9. The zero-order chi connectivity index (χ0) is 15.6. The smallest absolute Gasteiger partial charge is 0.220 e. The first-order valence-corrected chi connectivity index (χ1v) is 8.37. The minimum atomic E-state index is 0.158. The van der Waals surface area contributed by atoms with Gasteiger partial charge in [-0.2, -0.15) is 0 Å². The van der Waals surface area contributed by atoms with Gasteiger partial charge in [0.15, 0.2) is 0 Å². The van der Waals surface area contributed by atoms with Crippen molar-refractivity contribution in [1.29, 1.82) is 0 Å². The number of piperidine rings is 1.